The molecule has 2 heterocycles. The third-order valence-electron chi connectivity index (χ3n) is 9.60. The van der Waals surface area contributed by atoms with Crippen molar-refractivity contribution < 1.29 is 0 Å². The van der Waals surface area contributed by atoms with Gasteiger partial charge in [-0.3, -0.25) is 0 Å². The van der Waals surface area contributed by atoms with Crippen molar-refractivity contribution in [2.45, 2.75) is 0 Å². The van der Waals surface area contributed by atoms with Gasteiger partial charge in [0.1, 0.15) is 0 Å². The van der Waals surface area contributed by atoms with Crippen molar-refractivity contribution in [3.05, 3.63) is 158 Å². The predicted molar refractivity (Wildman–Crippen MR) is 200 cm³/mol. The number of thiophene rings is 1. The van der Waals surface area contributed by atoms with Gasteiger partial charge >= 0.3 is 0 Å². The maximum atomic E-state index is 3.90. The van der Waals surface area contributed by atoms with E-state index in [1.54, 1.807) is 0 Å². The van der Waals surface area contributed by atoms with E-state index in [1.165, 1.54) is 96.9 Å². The number of H-pyrrole nitrogens is 1. The predicted octanol–water partition coefficient (Wildman–Crippen LogP) is 13.0. The number of para-hydroxylation sites is 1. The SMILES string of the molecule is c1cc(-c2cccc(-c3cccc4sc5ccccc5c34)c2)cc(-c2cccc3c2[nH]c2c4ccccc4c4ccccc4c32)c1. The minimum atomic E-state index is 1.18. The fourth-order valence-electron chi connectivity index (χ4n) is 7.56. The van der Waals surface area contributed by atoms with E-state index in [0.717, 1.165) is 0 Å². The Bertz CT molecular complexity index is 2810. The highest BCUT2D eigenvalue weighted by Gasteiger charge is 2.16. The molecule has 46 heavy (non-hydrogen) atoms. The molecule has 10 rings (SSSR count). The molecule has 0 atom stereocenters. The van der Waals surface area contributed by atoms with Crippen LogP contribution in [0.25, 0.3) is 96.9 Å². The van der Waals surface area contributed by atoms with Crippen LogP contribution in [0.5, 0.6) is 0 Å². The monoisotopic (exact) mass is 601 g/mol. The summed E-state index contributed by atoms with van der Waals surface area (Å²) in [5.74, 6) is 0. The highest BCUT2D eigenvalue weighted by Crippen LogP contribution is 2.43. The van der Waals surface area contributed by atoms with Gasteiger partial charge in [-0.1, -0.05) is 133 Å². The molecule has 214 valence electrons. The molecule has 0 saturated heterocycles. The van der Waals surface area contributed by atoms with Crippen LogP contribution in [-0.4, -0.2) is 4.98 Å². The Kier molecular flexibility index (Phi) is 5.51. The summed E-state index contributed by atoms with van der Waals surface area (Å²) in [6.07, 6.45) is 0. The molecule has 0 radical (unpaired) electrons. The number of benzene rings is 8. The number of fused-ring (bicyclic) bond motifs is 11. The first kappa shape index (κ1) is 25.6. The summed E-state index contributed by atoms with van der Waals surface area (Å²) in [6.45, 7) is 0. The van der Waals surface area contributed by atoms with Crippen LogP contribution >= 0.6 is 11.3 Å². The van der Waals surface area contributed by atoms with Gasteiger partial charge in [-0.2, -0.15) is 0 Å². The average Bonchev–Trinajstić information content (AvgIpc) is 3.71. The Hall–Kier alpha value is -5.70. The number of hydrogen-bond acceptors (Lipinski definition) is 1. The lowest BCUT2D eigenvalue weighted by Crippen LogP contribution is -1.85. The van der Waals surface area contributed by atoms with Crippen molar-refractivity contribution in [2.75, 3.05) is 0 Å². The first-order valence-electron chi connectivity index (χ1n) is 15.8. The van der Waals surface area contributed by atoms with E-state index in [1.807, 2.05) is 11.3 Å². The molecule has 0 aliphatic heterocycles. The first-order chi connectivity index (χ1) is 22.8. The molecule has 0 saturated carbocycles. The van der Waals surface area contributed by atoms with Crippen LogP contribution in [0.3, 0.4) is 0 Å². The molecule has 0 aliphatic rings. The van der Waals surface area contributed by atoms with Crippen LogP contribution in [0.2, 0.25) is 0 Å². The molecular weight excluding hydrogens is 575 g/mol. The quantitative estimate of drug-likeness (QED) is 0.194. The zero-order valence-corrected chi connectivity index (χ0v) is 25.7. The van der Waals surface area contributed by atoms with E-state index < -0.39 is 0 Å². The van der Waals surface area contributed by atoms with E-state index >= 15 is 0 Å². The van der Waals surface area contributed by atoms with Crippen LogP contribution in [0.1, 0.15) is 0 Å². The second-order valence-electron chi connectivity index (χ2n) is 12.1. The Morgan fingerprint density at radius 2 is 0.848 bits per heavy atom. The second-order valence-corrected chi connectivity index (χ2v) is 13.2. The first-order valence-corrected chi connectivity index (χ1v) is 16.6. The Morgan fingerprint density at radius 3 is 1.63 bits per heavy atom. The van der Waals surface area contributed by atoms with E-state index in [0.29, 0.717) is 0 Å². The standard InChI is InChI=1S/C44H27NS/c1-3-17-35-33(15-1)34-16-2-4-18-36(34)44-42(35)38-22-9-21-32(43(38)45-44)30-14-8-12-28(26-30)27-11-7-13-29(25-27)31-20-10-24-40-41(31)37-19-5-6-23-39(37)46-40/h1-26,45H. The van der Waals surface area contributed by atoms with Gasteiger partial charge in [-0.15, -0.1) is 11.3 Å². The van der Waals surface area contributed by atoms with Crippen LogP contribution in [0.15, 0.2) is 158 Å². The highest BCUT2D eigenvalue weighted by molar-refractivity contribution is 7.25. The summed E-state index contributed by atoms with van der Waals surface area (Å²) in [5, 5.41) is 10.4. The van der Waals surface area contributed by atoms with Crippen LogP contribution in [0, 0.1) is 0 Å². The largest absolute Gasteiger partial charge is 0.353 e. The topological polar surface area (TPSA) is 15.8 Å². The second kappa shape index (κ2) is 9.90. The molecule has 0 fully saturated rings. The summed E-state index contributed by atoms with van der Waals surface area (Å²) < 4.78 is 2.67. The van der Waals surface area contributed by atoms with Crippen LogP contribution in [0.4, 0.5) is 0 Å². The molecule has 0 spiro atoms. The fraction of sp³-hybridized carbons (Fsp3) is 0. The average molecular weight is 602 g/mol. The van der Waals surface area contributed by atoms with E-state index in [-0.39, 0.29) is 0 Å². The summed E-state index contributed by atoms with van der Waals surface area (Å²) in [7, 11) is 0. The molecule has 0 aliphatic carbocycles. The normalized spacial score (nSPS) is 11.9. The van der Waals surface area contributed by atoms with Crippen molar-refractivity contribution >= 4 is 74.9 Å². The molecule has 10 aromatic rings. The van der Waals surface area contributed by atoms with Gasteiger partial charge in [0.15, 0.2) is 0 Å². The van der Waals surface area contributed by atoms with Crippen LogP contribution in [-0.2, 0) is 0 Å². The van der Waals surface area contributed by atoms with Gasteiger partial charge in [0.2, 0.25) is 0 Å². The number of aromatic amines is 1. The van der Waals surface area contributed by atoms with E-state index in [2.05, 4.69) is 163 Å². The summed E-state index contributed by atoms with van der Waals surface area (Å²) >= 11 is 1.87. The van der Waals surface area contributed by atoms with Gasteiger partial charge in [0.25, 0.3) is 0 Å². The molecule has 2 aromatic heterocycles. The van der Waals surface area contributed by atoms with Crippen molar-refractivity contribution in [1.82, 2.24) is 4.98 Å². The molecule has 0 bridgehead atoms. The van der Waals surface area contributed by atoms with Crippen molar-refractivity contribution in [3.8, 4) is 33.4 Å². The molecular formula is C44H27NS. The smallest absolute Gasteiger partial charge is 0.0551 e. The Balaban J connectivity index is 1.15. The molecule has 2 heteroatoms. The van der Waals surface area contributed by atoms with Crippen molar-refractivity contribution in [2.24, 2.45) is 0 Å². The summed E-state index contributed by atoms with van der Waals surface area (Å²) in [6, 6.07) is 57.8. The van der Waals surface area contributed by atoms with Gasteiger partial charge in [-0.25, -0.2) is 0 Å². The lowest BCUT2D eigenvalue weighted by atomic mass is 9.93. The summed E-state index contributed by atoms with van der Waals surface area (Å²) in [5.41, 5.74) is 9.77. The van der Waals surface area contributed by atoms with Gasteiger partial charge in [-0.05, 0) is 68.2 Å². The molecule has 0 amide bonds. The summed E-state index contributed by atoms with van der Waals surface area (Å²) in [4.78, 5) is 3.90. The molecule has 1 N–H and O–H groups in total. The Morgan fingerprint density at radius 1 is 0.326 bits per heavy atom. The highest BCUT2D eigenvalue weighted by atomic mass is 32.1. The lowest BCUT2D eigenvalue weighted by Gasteiger charge is -2.10. The lowest BCUT2D eigenvalue weighted by molar-refractivity contribution is 1.54. The Labute approximate surface area is 270 Å². The fourth-order valence-corrected chi connectivity index (χ4v) is 8.69. The van der Waals surface area contributed by atoms with Crippen LogP contribution < -0.4 is 0 Å². The van der Waals surface area contributed by atoms with E-state index in [9.17, 15) is 0 Å². The number of hydrogen-bond donors (Lipinski definition) is 1. The van der Waals surface area contributed by atoms with E-state index in [4.69, 9.17) is 0 Å². The van der Waals surface area contributed by atoms with Gasteiger partial charge < -0.3 is 4.98 Å². The molecule has 8 aromatic carbocycles. The minimum Gasteiger partial charge on any atom is -0.353 e. The van der Waals surface area contributed by atoms with Gasteiger partial charge in [0.05, 0.1) is 11.0 Å². The number of rotatable bonds is 3. The maximum Gasteiger partial charge on any atom is 0.0551 e. The molecule has 0 unspecified atom stereocenters. The maximum absolute atomic E-state index is 3.90. The number of nitrogens with one attached hydrogen (secondary N) is 1. The minimum absolute atomic E-state index is 1.18. The van der Waals surface area contributed by atoms with Gasteiger partial charge in [0, 0.05) is 41.9 Å². The van der Waals surface area contributed by atoms with Crippen molar-refractivity contribution in [1.29, 1.82) is 0 Å². The third kappa shape index (κ3) is 3.74. The van der Waals surface area contributed by atoms with Crippen molar-refractivity contribution in [3.63, 3.8) is 0 Å². The zero-order chi connectivity index (χ0) is 30.2. The third-order valence-corrected chi connectivity index (χ3v) is 10.7. The zero-order valence-electron chi connectivity index (χ0n) is 24.9. The number of aromatic nitrogens is 1. The molecule has 1 nitrogen and oxygen atoms in total.